The molecule has 1 fully saturated rings. The fraction of sp³-hybridized carbons (Fsp3) is 0.391. The van der Waals surface area contributed by atoms with Crippen LogP contribution in [0.3, 0.4) is 0 Å². The van der Waals surface area contributed by atoms with Gasteiger partial charge in [0, 0.05) is 23.5 Å². The van der Waals surface area contributed by atoms with Gasteiger partial charge in [0.05, 0.1) is 11.9 Å². The molecule has 0 saturated heterocycles. The molecule has 14 heteroatoms. The molecule has 2 aliphatic rings. The van der Waals surface area contributed by atoms with Crippen LogP contribution in [0, 0.1) is 17.6 Å². The van der Waals surface area contributed by atoms with Gasteiger partial charge in [0.2, 0.25) is 5.91 Å². The van der Waals surface area contributed by atoms with E-state index in [-0.39, 0.29) is 34.8 Å². The van der Waals surface area contributed by atoms with Crippen LogP contribution in [0.25, 0.3) is 0 Å². The van der Waals surface area contributed by atoms with Crippen LogP contribution in [-0.4, -0.2) is 31.9 Å². The number of hydrogen-bond acceptors (Lipinski definition) is 5. The fourth-order valence-corrected chi connectivity index (χ4v) is 5.82. The number of nitrogens with zero attached hydrogens (tertiary/aromatic N) is 4. The quantitative estimate of drug-likeness (QED) is 0.289. The highest BCUT2D eigenvalue weighted by molar-refractivity contribution is 7.98. The lowest BCUT2D eigenvalue weighted by Gasteiger charge is -2.28. The summed E-state index contributed by atoms with van der Waals surface area (Å²) in [5.41, 5.74) is 3.64. The fourth-order valence-electron chi connectivity index (χ4n) is 5.15. The Bertz CT molecular complexity index is 1380. The number of halogens is 7. The normalized spacial score (nSPS) is 21.0. The van der Waals surface area contributed by atoms with Gasteiger partial charge in [-0.05, 0) is 42.7 Å². The van der Waals surface area contributed by atoms with Crippen molar-refractivity contribution in [2.75, 3.05) is 6.26 Å². The highest BCUT2D eigenvalue weighted by atomic mass is 35.5. The number of carbonyl (C=O) groups excluding carboxylic acids is 1. The zero-order chi connectivity index (χ0) is 26.8. The summed E-state index contributed by atoms with van der Waals surface area (Å²) in [6.45, 7) is 0. The maximum absolute atomic E-state index is 15.3. The van der Waals surface area contributed by atoms with Gasteiger partial charge in [0.25, 0.3) is 12.3 Å². The molecule has 2 N–H and O–H groups in total. The zero-order valence-corrected chi connectivity index (χ0v) is 20.5. The molecule has 1 saturated carbocycles. The first kappa shape index (κ1) is 25.8. The number of fused-ring (bicyclic) bond motifs is 3. The molecule has 0 aliphatic heterocycles. The Kier molecular flexibility index (Phi) is 6.42. The van der Waals surface area contributed by atoms with E-state index in [4.69, 9.17) is 17.3 Å². The Morgan fingerprint density at radius 1 is 1.24 bits per heavy atom. The first-order valence-corrected chi connectivity index (χ1v) is 12.6. The molecule has 3 aromatic rings. The smallest absolute Gasteiger partial charge is 0.293 e. The molecule has 0 spiro atoms. The second-order valence-electron chi connectivity index (χ2n) is 8.99. The van der Waals surface area contributed by atoms with Crippen molar-refractivity contribution in [3.8, 4) is 0 Å². The number of amides is 1. The Labute approximate surface area is 215 Å². The van der Waals surface area contributed by atoms with Crippen molar-refractivity contribution >= 4 is 29.3 Å². The number of thioether (sulfide) groups is 1. The van der Waals surface area contributed by atoms with E-state index in [9.17, 15) is 22.4 Å². The molecule has 2 heterocycles. The number of rotatable bonds is 8. The molecular formula is C23H18ClF6N5OS. The van der Waals surface area contributed by atoms with Crippen LogP contribution in [0.2, 0.25) is 5.15 Å². The number of aromatic nitrogens is 4. The molecule has 5 rings (SSSR count). The van der Waals surface area contributed by atoms with Gasteiger partial charge in [0.15, 0.2) is 5.15 Å². The Morgan fingerprint density at radius 3 is 2.49 bits per heavy atom. The molecule has 0 radical (unpaired) electrons. The predicted octanol–water partition coefficient (Wildman–Crippen LogP) is 5.53. The first-order valence-electron chi connectivity index (χ1n) is 11.0. The third-order valence-electron chi connectivity index (χ3n) is 6.73. The van der Waals surface area contributed by atoms with Crippen LogP contribution in [0.4, 0.5) is 26.3 Å². The predicted molar refractivity (Wildman–Crippen MR) is 122 cm³/mol. The van der Waals surface area contributed by atoms with Gasteiger partial charge >= 0.3 is 0 Å². The average Bonchev–Trinajstić information content (AvgIpc) is 3.45. The number of hydrogen-bond donors (Lipinski definition) is 1. The lowest BCUT2D eigenvalue weighted by Crippen LogP contribution is -2.36. The molecule has 37 heavy (non-hydrogen) atoms. The summed E-state index contributed by atoms with van der Waals surface area (Å²) in [5, 5.41) is 3.93. The van der Waals surface area contributed by atoms with E-state index in [0.29, 0.717) is 15.8 Å². The van der Waals surface area contributed by atoms with E-state index in [2.05, 4.69) is 15.1 Å². The molecule has 1 unspecified atom stereocenters. The molecule has 0 bridgehead atoms. The highest BCUT2D eigenvalue weighted by Crippen LogP contribution is 2.68. The first-order chi connectivity index (χ1) is 17.4. The minimum Gasteiger partial charge on any atom is -0.368 e. The highest BCUT2D eigenvalue weighted by Gasteiger charge is 2.67. The van der Waals surface area contributed by atoms with Crippen LogP contribution >= 0.6 is 23.4 Å². The van der Waals surface area contributed by atoms with E-state index in [1.807, 2.05) is 0 Å². The topological polar surface area (TPSA) is 86.7 Å². The average molecular weight is 562 g/mol. The lowest BCUT2D eigenvalue weighted by molar-refractivity contribution is -0.122. The van der Waals surface area contributed by atoms with Crippen molar-refractivity contribution in [2.45, 2.75) is 48.1 Å². The van der Waals surface area contributed by atoms with Gasteiger partial charge in [0.1, 0.15) is 34.1 Å². The van der Waals surface area contributed by atoms with Crippen LogP contribution in [0.15, 0.2) is 29.4 Å². The summed E-state index contributed by atoms with van der Waals surface area (Å²) in [4.78, 5) is 21.2. The van der Waals surface area contributed by atoms with E-state index in [0.717, 1.165) is 12.1 Å². The second-order valence-corrected chi connectivity index (χ2v) is 10.2. The molecule has 1 amide bonds. The Hall–Kier alpha value is -2.80. The number of primary amides is 1. The standard InChI is InChI=1S/C23H18ClF6N5OS/c1-37-14-7-32-16(20(24)33-14)12(4-8-2-9(25)5-10(26)3-8)18(22(31)36)35-19-15(17(34-35)21(27)28)11-6-13(11)23(19,29)30/h2-3,5,7,11-13,18,21H,4,6H2,1H3,(H2,31,36)/t11-,12+,13+,18?/m0/s1. The van der Waals surface area contributed by atoms with Gasteiger partial charge in [-0.3, -0.25) is 9.78 Å². The Balaban J connectivity index is 1.71. The third kappa shape index (κ3) is 4.35. The summed E-state index contributed by atoms with van der Waals surface area (Å²) in [5.74, 6) is -9.92. The molecule has 6 nitrogen and oxygen atoms in total. The van der Waals surface area contributed by atoms with Gasteiger partial charge in [-0.25, -0.2) is 27.2 Å². The number of nitrogens with two attached hydrogens (primary N) is 1. The van der Waals surface area contributed by atoms with Gasteiger partial charge in [-0.2, -0.15) is 13.9 Å². The Morgan fingerprint density at radius 2 is 1.92 bits per heavy atom. The minimum absolute atomic E-state index is 0.0199. The summed E-state index contributed by atoms with van der Waals surface area (Å²) >= 11 is 7.54. The van der Waals surface area contributed by atoms with E-state index >= 15 is 8.78 Å². The van der Waals surface area contributed by atoms with Gasteiger partial charge in [-0.1, -0.05) is 11.6 Å². The number of carbonyl (C=O) groups is 1. The van der Waals surface area contributed by atoms with Crippen molar-refractivity contribution in [3.63, 3.8) is 0 Å². The SMILES string of the molecule is CSc1cnc([C@@H](Cc2cc(F)cc(F)c2)C(C(N)=O)n2nc(C(F)F)c3c2C(F)(F)[C@@H]2C[C@H]32)c(Cl)n1. The zero-order valence-electron chi connectivity index (χ0n) is 18.9. The second kappa shape index (κ2) is 9.19. The molecular weight excluding hydrogens is 544 g/mol. The summed E-state index contributed by atoms with van der Waals surface area (Å²) < 4.78 is 86.8. The van der Waals surface area contributed by atoms with Crippen molar-refractivity contribution < 1.29 is 31.1 Å². The van der Waals surface area contributed by atoms with Crippen LogP contribution < -0.4 is 5.73 Å². The van der Waals surface area contributed by atoms with Gasteiger partial charge in [-0.15, -0.1) is 11.8 Å². The molecule has 1 aromatic carbocycles. The lowest BCUT2D eigenvalue weighted by atomic mass is 9.88. The summed E-state index contributed by atoms with van der Waals surface area (Å²) in [7, 11) is 0. The molecule has 4 atom stereocenters. The summed E-state index contributed by atoms with van der Waals surface area (Å²) in [6, 6.07) is 0.788. The number of alkyl halides is 4. The minimum atomic E-state index is -3.54. The summed E-state index contributed by atoms with van der Waals surface area (Å²) in [6.07, 6.45) is -0.520. The monoisotopic (exact) mass is 561 g/mol. The van der Waals surface area contributed by atoms with Crippen LogP contribution in [-0.2, 0) is 17.1 Å². The van der Waals surface area contributed by atoms with E-state index in [1.54, 1.807) is 6.26 Å². The van der Waals surface area contributed by atoms with Crippen LogP contribution in [0.5, 0.6) is 0 Å². The maximum Gasteiger partial charge on any atom is 0.293 e. The number of benzene rings is 1. The molecule has 196 valence electrons. The van der Waals surface area contributed by atoms with Crippen molar-refractivity contribution in [1.82, 2.24) is 19.7 Å². The third-order valence-corrected chi connectivity index (χ3v) is 7.63. The van der Waals surface area contributed by atoms with Crippen molar-refractivity contribution in [1.29, 1.82) is 0 Å². The van der Waals surface area contributed by atoms with Crippen LogP contribution in [0.1, 0.15) is 58.9 Å². The molecule has 2 aliphatic carbocycles. The van der Waals surface area contributed by atoms with Gasteiger partial charge < -0.3 is 5.73 Å². The largest absolute Gasteiger partial charge is 0.368 e. The van der Waals surface area contributed by atoms with Crippen molar-refractivity contribution in [3.05, 3.63) is 69.4 Å². The molecule has 2 aromatic heterocycles. The van der Waals surface area contributed by atoms with E-state index in [1.165, 1.54) is 18.0 Å². The maximum atomic E-state index is 15.3. The van der Waals surface area contributed by atoms with Crippen molar-refractivity contribution in [2.24, 2.45) is 11.7 Å². The van der Waals surface area contributed by atoms with E-state index < -0.39 is 65.1 Å².